The molecule has 1 unspecified atom stereocenters. The van der Waals surface area contributed by atoms with Crippen molar-refractivity contribution in [2.45, 2.75) is 38.8 Å². The van der Waals surface area contributed by atoms with Crippen molar-refractivity contribution >= 4 is 6.03 Å². The molecule has 0 fully saturated rings. The number of hydrogen-bond acceptors (Lipinski definition) is 1. The Morgan fingerprint density at radius 1 is 1.00 bits per heavy atom. The van der Waals surface area contributed by atoms with Crippen LogP contribution in [-0.4, -0.2) is 12.1 Å². The minimum Gasteiger partial charge on any atom is -0.335 e. The molecule has 0 aliphatic carbocycles. The highest BCUT2D eigenvalue weighted by molar-refractivity contribution is 5.74. The van der Waals surface area contributed by atoms with Gasteiger partial charge in [0.1, 0.15) is 0 Å². The van der Waals surface area contributed by atoms with Crippen LogP contribution < -0.4 is 10.6 Å². The van der Waals surface area contributed by atoms with Crippen molar-refractivity contribution in [3.05, 3.63) is 71.8 Å². The lowest BCUT2D eigenvalue weighted by Gasteiger charge is -2.33. The van der Waals surface area contributed by atoms with Gasteiger partial charge >= 0.3 is 6.03 Å². The maximum atomic E-state index is 12.1. The van der Waals surface area contributed by atoms with Crippen LogP contribution in [0.25, 0.3) is 0 Å². The maximum Gasteiger partial charge on any atom is 0.315 e. The molecular weight excluding hydrogens is 272 g/mol. The summed E-state index contributed by atoms with van der Waals surface area (Å²) in [6.45, 7) is 6.86. The highest BCUT2D eigenvalue weighted by atomic mass is 16.2. The van der Waals surface area contributed by atoms with Gasteiger partial charge in [0.05, 0.1) is 0 Å². The predicted octanol–water partition coefficient (Wildman–Crippen LogP) is 3.85. The Balaban J connectivity index is 1.91. The van der Waals surface area contributed by atoms with Gasteiger partial charge in [0, 0.05) is 18.0 Å². The van der Waals surface area contributed by atoms with E-state index in [2.05, 4.69) is 36.6 Å². The molecule has 1 atom stereocenters. The summed E-state index contributed by atoms with van der Waals surface area (Å²) in [6, 6.07) is 20.0. The number of carbonyl (C=O) groups is 1. The second-order valence-electron chi connectivity index (χ2n) is 6.12. The molecule has 116 valence electrons. The van der Waals surface area contributed by atoms with Gasteiger partial charge in [0.15, 0.2) is 0 Å². The Labute approximate surface area is 132 Å². The number of urea groups is 1. The molecule has 3 nitrogen and oxygen atoms in total. The van der Waals surface area contributed by atoms with Crippen molar-refractivity contribution in [2.24, 2.45) is 0 Å². The van der Waals surface area contributed by atoms with Crippen LogP contribution in [0.3, 0.4) is 0 Å². The van der Waals surface area contributed by atoms with Crippen LogP contribution in [0, 0.1) is 0 Å². The maximum absolute atomic E-state index is 12.1. The fourth-order valence-corrected chi connectivity index (χ4v) is 2.32. The highest BCUT2D eigenvalue weighted by Gasteiger charge is 2.28. The van der Waals surface area contributed by atoms with Crippen LogP contribution in [0.1, 0.15) is 31.9 Å². The summed E-state index contributed by atoms with van der Waals surface area (Å²) >= 11 is 0. The van der Waals surface area contributed by atoms with Crippen molar-refractivity contribution in [3.8, 4) is 0 Å². The standard InChI is InChI=1S/C19H24N2O/c1-15(19(2,3)17-12-8-5-9-13-17)21-18(22)20-14-16-10-6-4-7-11-16/h4-13,15H,14H2,1-3H3,(H2,20,21,22). The zero-order valence-electron chi connectivity index (χ0n) is 13.5. The molecule has 0 bridgehead atoms. The Morgan fingerprint density at radius 2 is 1.55 bits per heavy atom. The third-order valence-electron chi connectivity index (χ3n) is 4.24. The number of carbonyl (C=O) groups excluding carboxylic acids is 1. The van der Waals surface area contributed by atoms with Crippen molar-refractivity contribution in [2.75, 3.05) is 0 Å². The molecule has 0 aliphatic rings. The van der Waals surface area contributed by atoms with Crippen molar-refractivity contribution in [1.82, 2.24) is 10.6 Å². The van der Waals surface area contributed by atoms with E-state index < -0.39 is 0 Å². The topological polar surface area (TPSA) is 41.1 Å². The predicted molar refractivity (Wildman–Crippen MR) is 90.7 cm³/mol. The number of hydrogen-bond donors (Lipinski definition) is 2. The zero-order valence-corrected chi connectivity index (χ0v) is 13.5. The van der Waals surface area contributed by atoms with Gasteiger partial charge in [-0.05, 0) is 18.1 Å². The summed E-state index contributed by atoms with van der Waals surface area (Å²) in [7, 11) is 0. The fraction of sp³-hybridized carbons (Fsp3) is 0.316. The lowest BCUT2D eigenvalue weighted by atomic mass is 9.78. The van der Waals surface area contributed by atoms with Gasteiger partial charge in [-0.15, -0.1) is 0 Å². The van der Waals surface area contributed by atoms with Crippen LogP contribution in [-0.2, 0) is 12.0 Å². The van der Waals surface area contributed by atoms with Crippen molar-refractivity contribution < 1.29 is 4.79 Å². The fourth-order valence-electron chi connectivity index (χ4n) is 2.32. The quantitative estimate of drug-likeness (QED) is 0.864. The molecule has 0 heterocycles. The molecule has 2 rings (SSSR count). The molecule has 0 aliphatic heterocycles. The van der Waals surface area contributed by atoms with Crippen LogP contribution in [0.15, 0.2) is 60.7 Å². The van der Waals surface area contributed by atoms with Crippen molar-refractivity contribution in [1.29, 1.82) is 0 Å². The third kappa shape index (κ3) is 4.10. The first-order chi connectivity index (χ1) is 10.5. The Bertz CT molecular complexity index is 593. The van der Waals surface area contributed by atoms with E-state index in [-0.39, 0.29) is 17.5 Å². The Kier molecular flexibility index (Phi) is 5.21. The number of benzene rings is 2. The minimum absolute atomic E-state index is 0.0191. The SMILES string of the molecule is CC(NC(=O)NCc1ccccc1)C(C)(C)c1ccccc1. The van der Waals surface area contributed by atoms with Crippen molar-refractivity contribution in [3.63, 3.8) is 0 Å². The molecule has 0 radical (unpaired) electrons. The van der Waals surface area contributed by atoms with Crippen LogP contribution in [0.5, 0.6) is 0 Å². The van der Waals surface area contributed by atoms with Gasteiger partial charge in [0.2, 0.25) is 0 Å². The van der Waals surface area contributed by atoms with E-state index in [1.54, 1.807) is 0 Å². The Hall–Kier alpha value is -2.29. The Morgan fingerprint density at radius 3 is 2.14 bits per heavy atom. The molecular formula is C19H24N2O. The lowest BCUT2D eigenvalue weighted by molar-refractivity contribution is 0.231. The molecule has 0 aromatic heterocycles. The van der Waals surface area contributed by atoms with Crippen LogP contribution in [0.2, 0.25) is 0 Å². The summed E-state index contributed by atoms with van der Waals surface area (Å²) < 4.78 is 0. The van der Waals surface area contributed by atoms with E-state index in [1.165, 1.54) is 5.56 Å². The first-order valence-corrected chi connectivity index (χ1v) is 7.64. The minimum atomic E-state index is -0.139. The van der Waals surface area contributed by atoms with Gasteiger partial charge in [-0.2, -0.15) is 0 Å². The van der Waals surface area contributed by atoms with Crippen LogP contribution >= 0.6 is 0 Å². The number of nitrogens with one attached hydrogen (secondary N) is 2. The lowest BCUT2D eigenvalue weighted by Crippen LogP contribution is -2.49. The van der Waals surface area contributed by atoms with E-state index in [0.717, 1.165) is 5.56 Å². The van der Waals surface area contributed by atoms with Gasteiger partial charge < -0.3 is 10.6 Å². The smallest absolute Gasteiger partial charge is 0.315 e. The molecule has 0 saturated carbocycles. The molecule has 3 heteroatoms. The average Bonchev–Trinajstić information content (AvgIpc) is 2.54. The molecule has 2 aromatic rings. The first-order valence-electron chi connectivity index (χ1n) is 7.64. The molecule has 2 N–H and O–H groups in total. The second-order valence-corrected chi connectivity index (χ2v) is 6.12. The van der Waals surface area contributed by atoms with E-state index in [9.17, 15) is 4.79 Å². The molecule has 2 aromatic carbocycles. The first kappa shape index (κ1) is 16.1. The van der Waals surface area contributed by atoms with E-state index in [1.807, 2.05) is 55.5 Å². The summed E-state index contributed by atoms with van der Waals surface area (Å²) in [6.07, 6.45) is 0. The molecule has 0 saturated heterocycles. The zero-order chi connectivity index (χ0) is 16.0. The van der Waals surface area contributed by atoms with Gasteiger partial charge in [-0.25, -0.2) is 4.79 Å². The number of rotatable bonds is 5. The third-order valence-corrected chi connectivity index (χ3v) is 4.24. The van der Waals surface area contributed by atoms with E-state index >= 15 is 0 Å². The summed E-state index contributed by atoms with van der Waals surface area (Å²) in [5, 5.41) is 5.94. The van der Waals surface area contributed by atoms with E-state index in [4.69, 9.17) is 0 Å². The monoisotopic (exact) mass is 296 g/mol. The van der Waals surface area contributed by atoms with Gasteiger partial charge in [0.25, 0.3) is 0 Å². The highest BCUT2D eigenvalue weighted by Crippen LogP contribution is 2.26. The normalized spacial score (nSPS) is 12.5. The van der Waals surface area contributed by atoms with Crippen LogP contribution in [0.4, 0.5) is 4.79 Å². The molecule has 22 heavy (non-hydrogen) atoms. The summed E-state index contributed by atoms with van der Waals surface area (Å²) in [5.74, 6) is 0. The molecule has 2 amide bonds. The largest absolute Gasteiger partial charge is 0.335 e. The second kappa shape index (κ2) is 7.12. The van der Waals surface area contributed by atoms with E-state index in [0.29, 0.717) is 6.54 Å². The summed E-state index contributed by atoms with van der Waals surface area (Å²) in [5.41, 5.74) is 2.17. The average molecular weight is 296 g/mol. The van der Waals surface area contributed by atoms with Gasteiger partial charge in [-0.1, -0.05) is 74.5 Å². The number of amides is 2. The van der Waals surface area contributed by atoms with Gasteiger partial charge in [-0.3, -0.25) is 0 Å². The summed E-state index contributed by atoms with van der Waals surface area (Å²) in [4.78, 5) is 12.1. The molecule has 0 spiro atoms.